The lowest BCUT2D eigenvalue weighted by Gasteiger charge is -2.19. The van der Waals surface area contributed by atoms with Crippen LogP contribution < -0.4 is 10.6 Å². The summed E-state index contributed by atoms with van der Waals surface area (Å²) >= 11 is 1.65. The molecule has 2 aromatic rings. The van der Waals surface area contributed by atoms with Gasteiger partial charge in [-0.05, 0) is 48.3 Å². The molecular weight excluding hydrogens is 356 g/mol. The lowest BCUT2D eigenvalue weighted by Crippen LogP contribution is -2.30. The SMILES string of the molecule is CCCc1ccc(C(NC(=O)CCCNC(=O)C2CC2)c2cccs2)cc1. The monoisotopic (exact) mass is 384 g/mol. The number of nitrogens with one attached hydrogen (secondary N) is 2. The van der Waals surface area contributed by atoms with Gasteiger partial charge in [0.05, 0.1) is 6.04 Å². The fourth-order valence-electron chi connectivity index (χ4n) is 3.12. The zero-order chi connectivity index (χ0) is 19.1. The maximum Gasteiger partial charge on any atom is 0.223 e. The first-order valence-electron chi connectivity index (χ1n) is 9.86. The van der Waals surface area contributed by atoms with E-state index in [0.29, 0.717) is 19.4 Å². The minimum Gasteiger partial charge on any atom is -0.356 e. The van der Waals surface area contributed by atoms with Crippen LogP contribution in [0.3, 0.4) is 0 Å². The van der Waals surface area contributed by atoms with Crippen LogP contribution in [0, 0.1) is 5.92 Å². The van der Waals surface area contributed by atoms with Crippen molar-refractivity contribution in [2.24, 2.45) is 5.92 Å². The highest BCUT2D eigenvalue weighted by Gasteiger charge is 2.29. The normalized spacial score (nSPS) is 14.6. The molecule has 1 aromatic carbocycles. The zero-order valence-corrected chi connectivity index (χ0v) is 16.7. The average Bonchev–Trinajstić information content (AvgIpc) is 3.39. The van der Waals surface area contributed by atoms with Crippen LogP contribution in [0.4, 0.5) is 0 Å². The van der Waals surface area contributed by atoms with Gasteiger partial charge in [0, 0.05) is 23.8 Å². The van der Waals surface area contributed by atoms with E-state index < -0.39 is 0 Å². The second kappa shape index (κ2) is 9.70. The Morgan fingerprint density at radius 2 is 1.96 bits per heavy atom. The van der Waals surface area contributed by atoms with E-state index in [2.05, 4.69) is 47.9 Å². The van der Waals surface area contributed by atoms with E-state index in [1.165, 1.54) is 5.56 Å². The Morgan fingerprint density at radius 1 is 1.19 bits per heavy atom. The zero-order valence-electron chi connectivity index (χ0n) is 15.9. The standard InChI is InChI=1S/C22H28N2O2S/c1-2-5-16-8-10-17(11-9-16)21(19-6-4-15-27-19)24-20(25)7-3-14-23-22(26)18-12-13-18/h4,6,8-11,15,18,21H,2-3,5,7,12-14H2,1H3,(H,23,26)(H,24,25). The molecule has 1 fully saturated rings. The van der Waals surface area contributed by atoms with E-state index >= 15 is 0 Å². The summed E-state index contributed by atoms with van der Waals surface area (Å²) < 4.78 is 0. The third kappa shape index (κ3) is 5.93. The molecule has 1 atom stereocenters. The maximum atomic E-state index is 12.5. The minimum atomic E-state index is -0.116. The summed E-state index contributed by atoms with van der Waals surface area (Å²) in [5.41, 5.74) is 2.43. The second-order valence-corrected chi connectivity index (χ2v) is 8.16. The molecule has 2 N–H and O–H groups in total. The van der Waals surface area contributed by atoms with Gasteiger partial charge >= 0.3 is 0 Å². The van der Waals surface area contributed by atoms with Gasteiger partial charge in [-0.2, -0.15) is 0 Å². The molecule has 0 saturated heterocycles. The van der Waals surface area contributed by atoms with E-state index in [0.717, 1.165) is 36.1 Å². The third-order valence-electron chi connectivity index (χ3n) is 4.81. The topological polar surface area (TPSA) is 58.2 Å². The molecule has 0 spiro atoms. The van der Waals surface area contributed by atoms with Crippen molar-refractivity contribution in [1.82, 2.24) is 10.6 Å². The van der Waals surface area contributed by atoms with Crippen LogP contribution in [0.15, 0.2) is 41.8 Å². The van der Waals surface area contributed by atoms with Gasteiger partial charge in [-0.3, -0.25) is 9.59 Å². The minimum absolute atomic E-state index is 0.0201. The third-order valence-corrected chi connectivity index (χ3v) is 5.75. The second-order valence-electron chi connectivity index (χ2n) is 7.18. The first-order valence-corrected chi connectivity index (χ1v) is 10.7. The van der Waals surface area contributed by atoms with Crippen molar-refractivity contribution in [3.63, 3.8) is 0 Å². The smallest absolute Gasteiger partial charge is 0.223 e. The van der Waals surface area contributed by atoms with E-state index in [-0.39, 0.29) is 23.8 Å². The first kappa shape index (κ1) is 19.6. The lowest BCUT2D eigenvalue weighted by atomic mass is 10.0. The van der Waals surface area contributed by atoms with Crippen LogP contribution in [0.2, 0.25) is 0 Å². The van der Waals surface area contributed by atoms with Gasteiger partial charge in [-0.25, -0.2) is 0 Å². The highest BCUT2D eigenvalue weighted by molar-refractivity contribution is 7.10. The van der Waals surface area contributed by atoms with Gasteiger partial charge in [-0.1, -0.05) is 43.7 Å². The van der Waals surface area contributed by atoms with Gasteiger partial charge in [0.25, 0.3) is 0 Å². The average molecular weight is 385 g/mol. The highest BCUT2D eigenvalue weighted by atomic mass is 32.1. The number of thiophene rings is 1. The molecule has 144 valence electrons. The van der Waals surface area contributed by atoms with E-state index in [1.54, 1.807) is 11.3 Å². The van der Waals surface area contributed by atoms with Gasteiger partial charge in [0.1, 0.15) is 0 Å². The van der Waals surface area contributed by atoms with Crippen LogP contribution in [-0.2, 0) is 16.0 Å². The van der Waals surface area contributed by atoms with Gasteiger partial charge < -0.3 is 10.6 Å². The molecule has 1 aliphatic rings. The van der Waals surface area contributed by atoms with Crippen LogP contribution in [-0.4, -0.2) is 18.4 Å². The van der Waals surface area contributed by atoms with Crippen molar-refractivity contribution >= 4 is 23.2 Å². The van der Waals surface area contributed by atoms with E-state index in [9.17, 15) is 9.59 Å². The molecule has 3 rings (SSSR count). The van der Waals surface area contributed by atoms with Gasteiger partial charge in [-0.15, -0.1) is 11.3 Å². The fourth-order valence-corrected chi connectivity index (χ4v) is 3.93. The van der Waals surface area contributed by atoms with Crippen molar-refractivity contribution in [3.8, 4) is 0 Å². The Labute approximate surface area is 165 Å². The number of aryl methyl sites for hydroxylation is 1. The summed E-state index contributed by atoms with van der Waals surface area (Å²) in [6.07, 6.45) is 5.29. The number of amides is 2. The Kier molecular flexibility index (Phi) is 7.04. The van der Waals surface area contributed by atoms with E-state index in [1.807, 2.05) is 11.4 Å². The number of carbonyl (C=O) groups is 2. The van der Waals surface area contributed by atoms with Gasteiger partial charge in [0.2, 0.25) is 11.8 Å². The molecule has 0 aliphatic heterocycles. The van der Waals surface area contributed by atoms with Crippen molar-refractivity contribution in [2.75, 3.05) is 6.54 Å². The molecule has 1 saturated carbocycles. The molecular formula is C22H28N2O2S. The summed E-state index contributed by atoms with van der Waals surface area (Å²) in [5.74, 6) is 0.378. The van der Waals surface area contributed by atoms with Crippen molar-refractivity contribution in [2.45, 2.75) is 51.5 Å². The molecule has 0 bridgehead atoms. The van der Waals surface area contributed by atoms with Crippen LogP contribution >= 0.6 is 11.3 Å². The van der Waals surface area contributed by atoms with Crippen molar-refractivity contribution < 1.29 is 9.59 Å². The molecule has 0 radical (unpaired) electrons. The molecule has 5 heteroatoms. The molecule has 1 aromatic heterocycles. The Balaban J connectivity index is 1.55. The summed E-state index contributed by atoms with van der Waals surface area (Å²) in [4.78, 5) is 25.2. The maximum absolute atomic E-state index is 12.5. The molecule has 1 heterocycles. The van der Waals surface area contributed by atoms with Crippen molar-refractivity contribution in [3.05, 3.63) is 57.8 Å². The molecule has 27 heavy (non-hydrogen) atoms. The first-order chi connectivity index (χ1) is 13.2. The number of rotatable bonds is 10. The predicted molar refractivity (Wildman–Crippen MR) is 110 cm³/mol. The lowest BCUT2D eigenvalue weighted by molar-refractivity contribution is -0.123. The largest absolute Gasteiger partial charge is 0.356 e. The molecule has 1 unspecified atom stereocenters. The van der Waals surface area contributed by atoms with Crippen LogP contribution in [0.5, 0.6) is 0 Å². The van der Waals surface area contributed by atoms with E-state index in [4.69, 9.17) is 0 Å². The quantitative estimate of drug-likeness (QED) is 0.603. The molecule has 4 nitrogen and oxygen atoms in total. The summed E-state index contributed by atoms with van der Waals surface area (Å²) in [5, 5.41) is 8.12. The fraction of sp³-hybridized carbons (Fsp3) is 0.455. The number of carbonyl (C=O) groups excluding carboxylic acids is 2. The summed E-state index contributed by atoms with van der Waals surface area (Å²) in [6, 6.07) is 12.5. The number of hydrogen-bond acceptors (Lipinski definition) is 3. The van der Waals surface area contributed by atoms with Crippen LogP contribution in [0.1, 0.15) is 61.1 Å². The number of benzene rings is 1. The highest BCUT2D eigenvalue weighted by Crippen LogP contribution is 2.29. The van der Waals surface area contributed by atoms with Crippen LogP contribution in [0.25, 0.3) is 0 Å². The number of hydrogen-bond donors (Lipinski definition) is 2. The molecule has 2 amide bonds. The summed E-state index contributed by atoms with van der Waals surface area (Å²) in [7, 11) is 0. The summed E-state index contributed by atoms with van der Waals surface area (Å²) in [6.45, 7) is 2.74. The van der Waals surface area contributed by atoms with Gasteiger partial charge in [0.15, 0.2) is 0 Å². The Bertz CT molecular complexity index is 736. The van der Waals surface area contributed by atoms with Crippen molar-refractivity contribution in [1.29, 1.82) is 0 Å². The Hall–Kier alpha value is -2.14. The molecule has 1 aliphatic carbocycles. The Morgan fingerprint density at radius 3 is 2.59 bits per heavy atom. The predicted octanol–water partition coefficient (Wildman–Crippen LogP) is 4.21.